The molecular formula is C23H20FN3O2S2. The van der Waals surface area contributed by atoms with Crippen molar-refractivity contribution in [2.75, 3.05) is 11.9 Å². The number of para-hydroxylation sites is 1. The van der Waals surface area contributed by atoms with Crippen LogP contribution >= 0.6 is 23.1 Å². The molecule has 0 radical (unpaired) electrons. The summed E-state index contributed by atoms with van der Waals surface area (Å²) in [5, 5.41) is 5.61. The van der Waals surface area contributed by atoms with Crippen LogP contribution in [-0.4, -0.2) is 33.5 Å². The number of aromatic nitrogens is 1. The van der Waals surface area contributed by atoms with Crippen molar-refractivity contribution in [3.63, 3.8) is 0 Å². The second-order valence-electron chi connectivity index (χ2n) is 7.13. The van der Waals surface area contributed by atoms with Crippen LogP contribution in [0.5, 0.6) is 0 Å². The van der Waals surface area contributed by atoms with Gasteiger partial charge in [0.1, 0.15) is 17.4 Å². The first-order valence-electron chi connectivity index (χ1n) is 9.67. The Hall–Kier alpha value is -2.97. The van der Waals surface area contributed by atoms with E-state index in [1.165, 1.54) is 45.7 Å². The highest BCUT2D eigenvalue weighted by Gasteiger charge is 2.35. The van der Waals surface area contributed by atoms with E-state index >= 15 is 0 Å². The van der Waals surface area contributed by atoms with Gasteiger partial charge in [-0.25, -0.2) is 9.37 Å². The van der Waals surface area contributed by atoms with Crippen LogP contribution in [0, 0.1) is 12.7 Å². The van der Waals surface area contributed by atoms with Gasteiger partial charge in [0.2, 0.25) is 11.8 Å². The van der Waals surface area contributed by atoms with Gasteiger partial charge in [0.05, 0.1) is 21.7 Å². The van der Waals surface area contributed by atoms with Gasteiger partial charge in [0, 0.05) is 17.0 Å². The molecule has 0 aliphatic carbocycles. The number of rotatable bonds is 5. The molecule has 3 aromatic rings. The van der Waals surface area contributed by atoms with Crippen molar-refractivity contribution >= 4 is 46.7 Å². The summed E-state index contributed by atoms with van der Waals surface area (Å²) in [5.41, 5.74) is 3.16. The molecule has 0 spiro atoms. The number of hydrogen-bond donors (Lipinski definition) is 1. The van der Waals surface area contributed by atoms with Gasteiger partial charge >= 0.3 is 0 Å². The zero-order valence-corrected chi connectivity index (χ0v) is 18.6. The Balaban J connectivity index is 1.52. The van der Waals surface area contributed by atoms with E-state index in [1.807, 2.05) is 42.6 Å². The van der Waals surface area contributed by atoms with Crippen LogP contribution in [0.15, 0.2) is 58.9 Å². The molecule has 1 fully saturated rings. The smallest absolute Gasteiger partial charge is 0.244 e. The van der Waals surface area contributed by atoms with Crippen molar-refractivity contribution < 1.29 is 14.0 Å². The first-order valence-corrected chi connectivity index (χ1v) is 11.4. The molecule has 1 aromatic heterocycles. The molecule has 158 valence electrons. The molecule has 4 rings (SSSR count). The second-order valence-corrected chi connectivity index (χ2v) is 9.38. The number of thioether (sulfide) groups is 1. The average Bonchev–Trinajstić information content (AvgIpc) is 3.31. The molecule has 0 bridgehead atoms. The Kier molecular flexibility index (Phi) is 6.20. The minimum absolute atomic E-state index is 0.0908. The number of carbonyl (C=O) groups is 2. The van der Waals surface area contributed by atoms with Crippen LogP contribution in [0.25, 0.3) is 17.3 Å². The fourth-order valence-electron chi connectivity index (χ4n) is 3.10. The minimum Gasteiger partial charge on any atom is -0.322 e. The lowest BCUT2D eigenvalue weighted by Crippen LogP contribution is -2.35. The fourth-order valence-corrected chi connectivity index (χ4v) is 4.98. The van der Waals surface area contributed by atoms with Crippen LogP contribution in [0.1, 0.15) is 17.5 Å². The summed E-state index contributed by atoms with van der Waals surface area (Å²) in [7, 11) is 0. The lowest BCUT2D eigenvalue weighted by Gasteiger charge is -2.17. The summed E-state index contributed by atoms with van der Waals surface area (Å²) in [4.78, 5) is 31.2. The van der Waals surface area contributed by atoms with Crippen molar-refractivity contribution in [1.82, 2.24) is 9.88 Å². The fraction of sp³-hybridized carbons (Fsp3) is 0.174. The maximum absolute atomic E-state index is 13.8. The van der Waals surface area contributed by atoms with E-state index in [0.717, 1.165) is 16.3 Å². The Bertz CT molecular complexity index is 1160. The summed E-state index contributed by atoms with van der Waals surface area (Å²) in [6, 6.07) is 14.1. The number of aryl methyl sites for hydroxylation is 1. The monoisotopic (exact) mass is 453 g/mol. The van der Waals surface area contributed by atoms with Gasteiger partial charge in [-0.2, -0.15) is 0 Å². The van der Waals surface area contributed by atoms with Crippen LogP contribution in [0.2, 0.25) is 0 Å². The van der Waals surface area contributed by atoms with Gasteiger partial charge < -0.3 is 5.32 Å². The van der Waals surface area contributed by atoms with Crippen LogP contribution in [-0.2, 0) is 9.59 Å². The molecule has 1 atom stereocenters. The SMILES string of the molecule is Cc1ccc(-c2csc(/C=C3/S[C@@H](C)C(=O)N3CC(=O)Nc3ccccc3F)n2)cc1. The number of amides is 2. The standard InChI is InChI=1S/C23H20FN3O2S2/c1-14-7-9-16(10-8-14)19-13-30-21(26-19)11-22-27(23(29)15(2)31-22)12-20(28)25-18-6-4-3-5-17(18)24/h3-11,13,15H,12H2,1-2H3,(H,25,28)/b22-11+/t15-/m0/s1. The van der Waals surface area contributed by atoms with Gasteiger partial charge in [-0.1, -0.05) is 53.7 Å². The summed E-state index contributed by atoms with van der Waals surface area (Å²) in [6.45, 7) is 3.65. The number of thiazole rings is 1. The maximum atomic E-state index is 13.8. The van der Waals surface area contributed by atoms with Crippen molar-refractivity contribution in [2.45, 2.75) is 19.1 Å². The summed E-state index contributed by atoms with van der Waals surface area (Å²) < 4.78 is 13.8. The Morgan fingerprint density at radius 1 is 1.23 bits per heavy atom. The van der Waals surface area contributed by atoms with Crippen LogP contribution < -0.4 is 5.32 Å². The van der Waals surface area contributed by atoms with E-state index in [1.54, 1.807) is 19.1 Å². The predicted molar refractivity (Wildman–Crippen MR) is 124 cm³/mol. The zero-order valence-electron chi connectivity index (χ0n) is 17.0. The van der Waals surface area contributed by atoms with E-state index in [-0.39, 0.29) is 23.4 Å². The quantitative estimate of drug-likeness (QED) is 0.580. The van der Waals surface area contributed by atoms with Crippen molar-refractivity contribution in [3.05, 3.63) is 75.3 Å². The van der Waals surface area contributed by atoms with Gasteiger partial charge in [0.25, 0.3) is 0 Å². The normalized spacial score (nSPS) is 17.4. The molecule has 31 heavy (non-hydrogen) atoms. The van der Waals surface area contributed by atoms with Gasteiger partial charge in [0.15, 0.2) is 0 Å². The van der Waals surface area contributed by atoms with Crippen LogP contribution in [0.4, 0.5) is 10.1 Å². The van der Waals surface area contributed by atoms with E-state index in [4.69, 9.17) is 0 Å². The maximum Gasteiger partial charge on any atom is 0.244 e. The number of nitrogens with zero attached hydrogens (tertiary/aromatic N) is 2. The van der Waals surface area contributed by atoms with Gasteiger partial charge in [-0.15, -0.1) is 11.3 Å². The average molecular weight is 454 g/mol. The molecule has 2 amide bonds. The van der Waals surface area contributed by atoms with Crippen molar-refractivity contribution in [3.8, 4) is 11.3 Å². The molecule has 0 saturated carbocycles. The third kappa shape index (κ3) is 4.86. The lowest BCUT2D eigenvalue weighted by atomic mass is 10.1. The molecule has 1 aliphatic heterocycles. The molecule has 0 unspecified atom stereocenters. The highest BCUT2D eigenvalue weighted by molar-refractivity contribution is 8.04. The molecule has 8 heteroatoms. The van der Waals surface area contributed by atoms with Crippen LogP contribution in [0.3, 0.4) is 0 Å². The third-order valence-corrected chi connectivity index (χ3v) is 6.67. The Morgan fingerprint density at radius 3 is 2.71 bits per heavy atom. The predicted octanol–water partition coefficient (Wildman–Crippen LogP) is 5.16. The van der Waals surface area contributed by atoms with E-state index in [0.29, 0.717) is 5.03 Å². The highest BCUT2D eigenvalue weighted by atomic mass is 32.2. The lowest BCUT2D eigenvalue weighted by molar-refractivity contribution is -0.130. The summed E-state index contributed by atoms with van der Waals surface area (Å²) in [5.74, 6) is -1.14. The second kappa shape index (κ2) is 9.03. The van der Waals surface area contributed by atoms with Gasteiger partial charge in [-0.05, 0) is 26.0 Å². The molecule has 2 aromatic carbocycles. The van der Waals surface area contributed by atoms with Crippen molar-refractivity contribution in [1.29, 1.82) is 0 Å². The van der Waals surface area contributed by atoms with E-state index < -0.39 is 11.7 Å². The van der Waals surface area contributed by atoms with Gasteiger partial charge in [-0.3, -0.25) is 14.5 Å². The zero-order chi connectivity index (χ0) is 22.0. The largest absolute Gasteiger partial charge is 0.322 e. The molecular weight excluding hydrogens is 433 g/mol. The number of nitrogens with one attached hydrogen (secondary N) is 1. The molecule has 5 nitrogen and oxygen atoms in total. The topological polar surface area (TPSA) is 62.3 Å². The Labute approximate surface area is 188 Å². The number of hydrogen-bond acceptors (Lipinski definition) is 5. The number of carbonyl (C=O) groups excluding carboxylic acids is 2. The minimum atomic E-state index is -0.520. The number of benzene rings is 2. The molecule has 1 aliphatic rings. The molecule has 1 N–H and O–H groups in total. The molecule has 2 heterocycles. The first-order chi connectivity index (χ1) is 14.9. The van der Waals surface area contributed by atoms with Crippen molar-refractivity contribution in [2.24, 2.45) is 0 Å². The number of halogens is 1. The molecule has 1 saturated heterocycles. The Morgan fingerprint density at radius 2 is 1.97 bits per heavy atom. The highest BCUT2D eigenvalue weighted by Crippen LogP contribution is 2.37. The van der Waals surface area contributed by atoms with E-state index in [2.05, 4.69) is 10.3 Å². The number of anilines is 1. The summed E-state index contributed by atoms with van der Waals surface area (Å²) in [6.07, 6.45) is 1.82. The van der Waals surface area contributed by atoms with E-state index in [9.17, 15) is 14.0 Å². The third-order valence-electron chi connectivity index (χ3n) is 4.74. The first kappa shape index (κ1) is 21.3. The summed E-state index contributed by atoms with van der Waals surface area (Å²) >= 11 is 2.86.